The Morgan fingerprint density at radius 3 is 2.37 bits per heavy atom. The molecule has 0 spiro atoms. The summed E-state index contributed by atoms with van der Waals surface area (Å²) in [5.74, 6) is 6.27. The number of nitrogens with one attached hydrogen (secondary N) is 1. The molecule has 4 nitrogen and oxygen atoms in total. The summed E-state index contributed by atoms with van der Waals surface area (Å²) in [5, 5.41) is 2.91. The molecule has 2 atom stereocenters. The van der Waals surface area contributed by atoms with Crippen LogP contribution in [0.15, 0.2) is 79.1 Å². The molecule has 1 N–H and O–H groups in total. The highest BCUT2D eigenvalue weighted by molar-refractivity contribution is 5.72. The van der Waals surface area contributed by atoms with Crippen molar-refractivity contribution in [3.05, 3.63) is 101 Å². The van der Waals surface area contributed by atoms with Crippen molar-refractivity contribution in [2.75, 3.05) is 0 Å². The minimum Gasteiger partial charge on any atom is -0.436 e. The molecule has 132 valence electrons. The number of alkyl carbamates (subject to hydrolysis) is 1. The van der Waals surface area contributed by atoms with E-state index in [9.17, 15) is 4.79 Å². The first-order valence-electron chi connectivity index (χ1n) is 8.72. The standard InChI is InChI=1S/C23H18N2O2/c1-23(20-10-6-3-7-11-20)21(25-22(26)27-23)19-14-18(15-24-16-19)13-12-17-8-4-2-5-9-17/h2-11,14-16,21H,1H3,(H,25,26)/t21-,23-/m1/s1. The molecule has 0 saturated carbocycles. The Bertz CT molecular complexity index is 1020. The number of rotatable bonds is 2. The number of benzene rings is 2. The maximum atomic E-state index is 12.0. The lowest BCUT2D eigenvalue weighted by molar-refractivity contribution is 0.0494. The number of cyclic esters (lactones) is 1. The highest BCUT2D eigenvalue weighted by Gasteiger charge is 2.47. The van der Waals surface area contributed by atoms with Crippen molar-refractivity contribution in [3.63, 3.8) is 0 Å². The van der Waals surface area contributed by atoms with Crippen molar-refractivity contribution < 1.29 is 9.53 Å². The molecule has 1 aliphatic heterocycles. The summed E-state index contributed by atoms with van der Waals surface area (Å²) in [7, 11) is 0. The van der Waals surface area contributed by atoms with E-state index in [-0.39, 0.29) is 6.04 Å². The molecule has 2 heterocycles. The lowest BCUT2D eigenvalue weighted by Crippen LogP contribution is -2.31. The first-order valence-corrected chi connectivity index (χ1v) is 8.72. The van der Waals surface area contributed by atoms with Gasteiger partial charge in [0.15, 0.2) is 5.60 Å². The van der Waals surface area contributed by atoms with Crippen LogP contribution in [-0.4, -0.2) is 11.1 Å². The van der Waals surface area contributed by atoms with Gasteiger partial charge in [-0.1, -0.05) is 60.4 Å². The molecule has 3 aromatic rings. The van der Waals surface area contributed by atoms with Gasteiger partial charge in [0.2, 0.25) is 0 Å². The smallest absolute Gasteiger partial charge is 0.408 e. The van der Waals surface area contributed by atoms with Crippen molar-refractivity contribution in [2.45, 2.75) is 18.6 Å². The molecule has 0 bridgehead atoms. The number of hydrogen-bond donors (Lipinski definition) is 1. The number of pyridine rings is 1. The van der Waals surface area contributed by atoms with Crippen molar-refractivity contribution in [2.24, 2.45) is 0 Å². The molecule has 0 unspecified atom stereocenters. The van der Waals surface area contributed by atoms with E-state index < -0.39 is 11.7 Å². The normalized spacial score (nSPS) is 20.9. The largest absolute Gasteiger partial charge is 0.436 e. The quantitative estimate of drug-likeness (QED) is 0.703. The van der Waals surface area contributed by atoms with E-state index in [0.717, 1.165) is 22.3 Å². The van der Waals surface area contributed by atoms with Gasteiger partial charge in [0.05, 0.1) is 0 Å². The predicted molar refractivity (Wildman–Crippen MR) is 103 cm³/mol. The molecule has 2 aromatic carbocycles. The summed E-state index contributed by atoms with van der Waals surface area (Å²) in [5.41, 5.74) is 2.69. The molecule has 0 radical (unpaired) electrons. The van der Waals surface area contributed by atoms with E-state index in [0.29, 0.717) is 0 Å². The van der Waals surface area contributed by atoms with Gasteiger partial charge in [-0.05, 0) is 36.2 Å². The second-order valence-electron chi connectivity index (χ2n) is 6.56. The predicted octanol–water partition coefficient (Wildman–Crippen LogP) is 4.18. The fourth-order valence-electron chi connectivity index (χ4n) is 3.28. The average Bonchev–Trinajstić information content (AvgIpc) is 3.04. The van der Waals surface area contributed by atoms with Crippen molar-refractivity contribution in [1.82, 2.24) is 10.3 Å². The Morgan fingerprint density at radius 1 is 0.963 bits per heavy atom. The topological polar surface area (TPSA) is 51.2 Å². The molecule has 1 amide bonds. The summed E-state index contributed by atoms with van der Waals surface area (Å²) in [6.07, 6.45) is 3.03. The maximum Gasteiger partial charge on any atom is 0.408 e. The van der Waals surface area contributed by atoms with Crippen LogP contribution in [0.4, 0.5) is 4.79 Å². The van der Waals surface area contributed by atoms with Crippen LogP contribution >= 0.6 is 0 Å². The van der Waals surface area contributed by atoms with E-state index in [2.05, 4.69) is 22.1 Å². The minimum absolute atomic E-state index is 0.349. The van der Waals surface area contributed by atoms with Crippen LogP contribution in [0.2, 0.25) is 0 Å². The minimum atomic E-state index is -0.814. The number of carbonyl (C=O) groups excluding carboxylic acids is 1. The Morgan fingerprint density at radius 2 is 1.63 bits per heavy atom. The van der Waals surface area contributed by atoms with E-state index in [4.69, 9.17) is 4.74 Å². The van der Waals surface area contributed by atoms with Crippen LogP contribution in [0, 0.1) is 11.8 Å². The molecule has 1 aliphatic rings. The van der Waals surface area contributed by atoms with Gasteiger partial charge in [0, 0.05) is 23.5 Å². The number of aromatic nitrogens is 1. The first-order chi connectivity index (χ1) is 13.1. The van der Waals surface area contributed by atoms with Gasteiger partial charge in [-0.3, -0.25) is 4.98 Å². The summed E-state index contributed by atoms with van der Waals surface area (Å²) < 4.78 is 5.66. The van der Waals surface area contributed by atoms with Crippen LogP contribution in [0.3, 0.4) is 0 Å². The molecular weight excluding hydrogens is 336 g/mol. The van der Waals surface area contributed by atoms with Gasteiger partial charge in [-0.15, -0.1) is 0 Å². The second-order valence-corrected chi connectivity index (χ2v) is 6.56. The lowest BCUT2D eigenvalue weighted by atomic mass is 9.85. The lowest BCUT2D eigenvalue weighted by Gasteiger charge is -2.29. The molecule has 0 aliphatic carbocycles. The van der Waals surface area contributed by atoms with Gasteiger partial charge in [-0.2, -0.15) is 0 Å². The average molecular weight is 354 g/mol. The number of ether oxygens (including phenoxy) is 1. The molecule has 4 heteroatoms. The van der Waals surface area contributed by atoms with E-state index in [1.165, 1.54) is 0 Å². The maximum absolute atomic E-state index is 12.0. The van der Waals surface area contributed by atoms with Gasteiger partial charge >= 0.3 is 6.09 Å². The molecule has 4 rings (SSSR count). The van der Waals surface area contributed by atoms with E-state index in [1.807, 2.05) is 73.7 Å². The summed E-state index contributed by atoms with van der Waals surface area (Å²) in [6.45, 7) is 1.91. The number of amides is 1. The van der Waals surface area contributed by atoms with Crippen molar-refractivity contribution in [3.8, 4) is 11.8 Å². The molecule has 1 saturated heterocycles. The fourth-order valence-corrected chi connectivity index (χ4v) is 3.28. The Labute approximate surface area is 158 Å². The molecule has 1 aromatic heterocycles. The summed E-state index contributed by atoms with van der Waals surface area (Å²) in [6, 6.07) is 21.1. The second kappa shape index (κ2) is 6.97. The number of hydrogen-bond acceptors (Lipinski definition) is 3. The van der Waals surface area contributed by atoms with Crippen molar-refractivity contribution in [1.29, 1.82) is 0 Å². The third-order valence-corrected chi connectivity index (χ3v) is 4.68. The van der Waals surface area contributed by atoms with Gasteiger partial charge in [0.25, 0.3) is 0 Å². The van der Waals surface area contributed by atoms with Crippen molar-refractivity contribution >= 4 is 6.09 Å². The Hall–Kier alpha value is -3.58. The third kappa shape index (κ3) is 3.40. The Balaban J connectivity index is 1.69. The number of nitrogens with zero attached hydrogens (tertiary/aromatic N) is 1. The molecule has 27 heavy (non-hydrogen) atoms. The SMILES string of the molecule is C[C@]1(c2ccccc2)OC(=O)N[C@@H]1c1cncc(C#Cc2ccccc2)c1. The van der Waals surface area contributed by atoms with Crippen LogP contribution in [0.5, 0.6) is 0 Å². The zero-order valence-electron chi connectivity index (χ0n) is 14.8. The van der Waals surface area contributed by atoms with Crippen LogP contribution in [0.25, 0.3) is 0 Å². The van der Waals surface area contributed by atoms with Gasteiger partial charge in [-0.25, -0.2) is 4.79 Å². The fraction of sp³-hybridized carbons (Fsp3) is 0.130. The summed E-state index contributed by atoms with van der Waals surface area (Å²) >= 11 is 0. The van der Waals surface area contributed by atoms with Crippen LogP contribution < -0.4 is 5.32 Å². The molecular formula is C23H18N2O2. The third-order valence-electron chi connectivity index (χ3n) is 4.68. The van der Waals surface area contributed by atoms with Crippen LogP contribution in [-0.2, 0) is 10.3 Å². The number of carbonyl (C=O) groups is 1. The monoisotopic (exact) mass is 354 g/mol. The highest BCUT2D eigenvalue weighted by Crippen LogP contribution is 2.42. The zero-order valence-corrected chi connectivity index (χ0v) is 14.8. The van der Waals surface area contributed by atoms with E-state index >= 15 is 0 Å². The first kappa shape index (κ1) is 16.9. The van der Waals surface area contributed by atoms with E-state index in [1.54, 1.807) is 12.4 Å². The summed E-state index contributed by atoms with van der Waals surface area (Å²) in [4.78, 5) is 16.3. The highest BCUT2D eigenvalue weighted by atomic mass is 16.6. The van der Waals surface area contributed by atoms with Crippen LogP contribution in [0.1, 0.15) is 35.2 Å². The zero-order chi connectivity index (χ0) is 18.7. The molecule has 1 fully saturated rings. The van der Waals surface area contributed by atoms with Gasteiger partial charge < -0.3 is 10.1 Å². The Kier molecular flexibility index (Phi) is 4.35. The van der Waals surface area contributed by atoms with Gasteiger partial charge in [0.1, 0.15) is 6.04 Å².